The second kappa shape index (κ2) is 11.6. The van der Waals surface area contributed by atoms with Crippen LogP contribution in [0.25, 0.3) is 0 Å². The molecule has 1 aliphatic heterocycles. The number of carbonyl (C=O) groups is 4. The van der Waals surface area contributed by atoms with Gasteiger partial charge in [0.1, 0.15) is 17.9 Å². The molecule has 0 bridgehead atoms. The SMILES string of the molecule is O=C(CCNC(=O)[C@H]1CCCN1C(=O)NS(=O)(=O)c1ccc(F)cc1)NC(Cc1cnc[nH]1)C(=O)O. The number of sulfonamides is 1. The first-order chi connectivity index (χ1) is 17.1. The lowest BCUT2D eigenvalue weighted by molar-refractivity contribution is -0.141. The number of carboxylic acids is 1. The highest BCUT2D eigenvalue weighted by atomic mass is 32.2. The van der Waals surface area contributed by atoms with Gasteiger partial charge >= 0.3 is 12.0 Å². The Labute approximate surface area is 205 Å². The number of halogens is 1. The zero-order valence-electron chi connectivity index (χ0n) is 18.9. The molecule has 1 aromatic heterocycles. The molecular formula is C21H25FN6O7S. The van der Waals surface area contributed by atoms with Gasteiger partial charge in [-0.2, -0.15) is 0 Å². The third-order valence-electron chi connectivity index (χ3n) is 5.43. The lowest BCUT2D eigenvalue weighted by Crippen LogP contribution is -2.51. The van der Waals surface area contributed by atoms with Crippen LogP contribution < -0.4 is 15.4 Å². The fourth-order valence-corrected chi connectivity index (χ4v) is 4.59. The molecule has 5 N–H and O–H groups in total. The maximum absolute atomic E-state index is 13.1. The average molecular weight is 525 g/mol. The summed E-state index contributed by atoms with van der Waals surface area (Å²) in [6.07, 6.45) is 3.35. The minimum atomic E-state index is -4.28. The van der Waals surface area contributed by atoms with Crippen molar-refractivity contribution in [3.05, 3.63) is 48.3 Å². The zero-order chi connectivity index (χ0) is 26.3. The van der Waals surface area contributed by atoms with Crippen molar-refractivity contribution in [2.75, 3.05) is 13.1 Å². The molecule has 194 valence electrons. The molecule has 4 amide bonds. The predicted molar refractivity (Wildman–Crippen MR) is 121 cm³/mol. The van der Waals surface area contributed by atoms with E-state index in [-0.39, 0.29) is 37.2 Å². The molecule has 0 aliphatic carbocycles. The summed E-state index contributed by atoms with van der Waals surface area (Å²) >= 11 is 0. The number of amides is 4. The Bertz CT molecular complexity index is 1200. The summed E-state index contributed by atoms with van der Waals surface area (Å²) in [5.74, 6) is -3.05. The summed E-state index contributed by atoms with van der Waals surface area (Å²) in [5.41, 5.74) is 0.525. The van der Waals surface area contributed by atoms with E-state index in [1.54, 1.807) is 0 Å². The van der Waals surface area contributed by atoms with Crippen LogP contribution in [0.5, 0.6) is 0 Å². The first-order valence-electron chi connectivity index (χ1n) is 10.9. The van der Waals surface area contributed by atoms with Crippen LogP contribution in [0.4, 0.5) is 9.18 Å². The number of aromatic nitrogens is 2. The van der Waals surface area contributed by atoms with Gasteiger partial charge in [0.25, 0.3) is 10.0 Å². The van der Waals surface area contributed by atoms with Gasteiger partial charge in [-0.1, -0.05) is 0 Å². The summed E-state index contributed by atoms with van der Waals surface area (Å²) in [7, 11) is -4.28. The predicted octanol–water partition coefficient (Wildman–Crippen LogP) is -0.270. The number of H-pyrrole nitrogens is 1. The molecule has 13 nitrogen and oxygen atoms in total. The zero-order valence-corrected chi connectivity index (χ0v) is 19.8. The number of urea groups is 1. The third kappa shape index (κ3) is 7.00. The minimum absolute atomic E-state index is 0.000405. The first kappa shape index (κ1) is 26.6. The molecule has 1 unspecified atom stereocenters. The number of aliphatic carboxylic acids is 1. The fraction of sp³-hybridized carbons (Fsp3) is 0.381. The average Bonchev–Trinajstić information content (AvgIpc) is 3.51. The van der Waals surface area contributed by atoms with Crippen molar-refractivity contribution in [2.24, 2.45) is 0 Å². The molecule has 1 aliphatic rings. The number of likely N-dealkylation sites (tertiary alicyclic amines) is 1. The number of benzene rings is 1. The van der Waals surface area contributed by atoms with Gasteiger partial charge in [-0.15, -0.1) is 0 Å². The van der Waals surface area contributed by atoms with Crippen molar-refractivity contribution < 1.29 is 37.1 Å². The molecule has 0 radical (unpaired) electrons. The van der Waals surface area contributed by atoms with E-state index in [4.69, 9.17) is 0 Å². The van der Waals surface area contributed by atoms with Gasteiger partial charge in [-0.05, 0) is 37.1 Å². The monoisotopic (exact) mass is 524 g/mol. The molecule has 1 saturated heterocycles. The maximum atomic E-state index is 13.1. The van der Waals surface area contributed by atoms with Crippen molar-refractivity contribution in [1.29, 1.82) is 0 Å². The van der Waals surface area contributed by atoms with Gasteiger partial charge in [-0.3, -0.25) is 9.59 Å². The van der Waals surface area contributed by atoms with Gasteiger partial charge in [0.05, 0.1) is 11.2 Å². The van der Waals surface area contributed by atoms with E-state index in [1.807, 2.05) is 4.72 Å². The fourth-order valence-electron chi connectivity index (χ4n) is 3.63. The topological polar surface area (TPSA) is 191 Å². The van der Waals surface area contributed by atoms with Crippen LogP contribution in [0.1, 0.15) is 25.0 Å². The van der Waals surface area contributed by atoms with Crippen LogP contribution in [0.15, 0.2) is 41.7 Å². The largest absolute Gasteiger partial charge is 0.480 e. The summed E-state index contributed by atoms with van der Waals surface area (Å²) in [6.45, 7) is 0.0120. The number of nitrogens with zero attached hydrogens (tertiary/aromatic N) is 2. The molecule has 2 atom stereocenters. The van der Waals surface area contributed by atoms with Gasteiger partial charge < -0.3 is 25.6 Å². The van der Waals surface area contributed by atoms with Crippen molar-refractivity contribution in [1.82, 2.24) is 30.2 Å². The molecule has 1 fully saturated rings. The number of carbonyl (C=O) groups excluding carboxylic acids is 3. The number of hydrogen-bond donors (Lipinski definition) is 5. The second-order valence-corrected chi connectivity index (χ2v) is 9.68. The van der Waals surface area contributed by atoms with Crippen molar-refractivity contribution in [3.8, 4) is 0 Å². The first-order valence-corrected chi connectivity index (χ1v) is 12.4. The number of hydrogen-bond acceptors (Lipinski definition) is 7. The summed E-state index contributed by atoms with van der Waals surface area (Å²) in [5, 5.41) is 14.2. The lowest BCUT2D eigenvalue weighted by atomic mass is 10.1. The molecule has 1 aromatic carbocycles. The van der Waals surface area contributed by atoms with E-state index in [0.717, 1.165) is 29.2 Å². The Hall–Kier alpha value is -4.01. The van der Waals surface area contributed by atoms with Crippen LogP contribution in [-0.2, 0) is 30.8 Å². The maximum Gasteiger partial charge on any atom is 0.331 e. The lowest BCUT2D eigenvalue weighted by Gasteiger charge is -2.24. The van der Waals surface area contributed by atoms with Crippen LogP contribution >= 0.6 is 0 Å². The molecule has 0 spiro atoms. The summed E-state index contributed by atoms with van der Waals surface area (Å²) < 4.78 is 39.7. The van der Waals surface area contributed by atoms with Gasteiger partial charge in [0, 0.05) is 37.8 Å². The van der Waals surface area contributed by atoms with Crippen LogP contribution in [0.3, 0.4) is 0 Å². The highest BCUT2D eigenvalue weighted by molar-refractivity contribution is 7.90. The van der Waals surface area contributed by atoms with E-state index in [1.165, 1.54) is 12.5 Å². The number of imidazole rings is 1. The number of aromatic amines is 1. The molecule has 3 rings (SSSR count). The van der Waals surface area contributed by atoms with Gasteiger partial charge in [0.2, 0.25) is 11.8 Å². The molecule has 15 heteroatoms. The van der Waals surface area contributed by atoms with E-state index in [2.05, 4.69) is 20.6 Å². The quantitative estimate of drug-likeness (QED) is 0.280. The van der Waals surface area contributed by atoms with E-state index in [0.29, 0.717) is 12.1 Å². The van der Waals surface area contributed by atoms with Crippen LogP contribution in [-0.4, -0.2) is 77.4 Å². The van der Waals surface area contributed by atoms with Crippen molar-refractivity contribution in [2.45, 2.75) is 42.7 Å². The Morgan fingerprint density at radius 2 is 1.94 bits per heavy atom. The van der Waals surface area contributed by atoms with E-state index in [9.17, 15) is 37.1 Å². The van der Waals surface area contributed by atoms with Crippen LogP contribution in [0, 0.1) is 5.82 Å². The van der Waals surface area contributed by atoms with Gasteiger partial charge in [0.15, 0.2) is 0 Å². The molecule has 0 saturated carbocycles. The number of carboxylic acid groups (broad SMARTS) is 1. The van der Waals surface area contributed by atoms with Crippen molar-refractivity contribution >= 4 is 33.8 Å². The second-order valence-electron chi connectivity index (χ2n) is 8.00. The third-order valence-corrected chi connectivity index (χ3v) is 6.76. The van der Waals surface area contributed by atoms with Crippen molar-refractivity contribution in [3.63, 3.8) is 0 Å². The van der Waals surface area contributed by atoms with Gasteiger partial charge in [-0.25, -0.2) is 32.1 Å². The summed E-state index contributed by atoms with van der Waals surface area (Å²) in [4.78, 5) is 56.0. The molecule has 2 aromatic rings. The van der Waals surface area contributed by atoms with E-state index >= 15 is 0 Å². The molecule has 2 heterocycles. The number of nitrogens with one attached hydrogen (secondary N) is 4. The number of rotatable bonds is 10. The highest BCUT2D eigenvalue weighted by Gasteiger charge is 2.35. The Morgan fingerprint density at radius 1 is 1.22 bits per heavy atom. The Balaban J connectivity index is 1.49. The highest BCUT2D eigenvalue weighted by Crippen LogP contribution is 2.19. The Morgan fingerprint density at radius 3 is 2.58 bits per heavy atom. The minimum Gasteiger partial charge on any atom is -0.480 e. The molecular weight excluding hydrogens is 499 g/mol. The molecule has 36 heavy (non-hydrogen) atoms. The smallest absolute Gasteiger partial charge is 0.331 e. The standard InChI is InChI=1S/C21H25FN6O7S/c22-13-3-5-15(6-4-13)36(34,35)27-21(33)28-9-1-2-17(28)19(30)24-8-7-18(29)26-16(20(31)32)10-14-11-23-12-25-14/h3-6,11-12,16-17H,1-2,7-10H2,(H,23,25)(H,24,30)(H,26,29)(H,27,33)(H,31,32)/t16?,17-/m1/s1. The Kier molecular flexibility index (Phi) is 8.58. The van der Waals surface area contributed by atoms with E-state index < -0.39 is 51.7 Å². The summed E-state index contributed by atoms with van der Waals surface area (Å²) in [6, 6.07) is 0.753. The normalized spacial score (nSPS) is 16.2. The van der Waals surface area contributed by atoms with Crippen LogP contribution in [0.2, 0.25) is 0 Å².